The molecule has 0 amide bonds. The Kier molecular flexibility index (Phi) is 9.41. The molecule has 11 heavy (non-hydrogen) atoms. The summed E-state index contributed by atoms with van der Waals surface area (Å²) in [6, 6.07) is 0. The van der Waals surface area contributed by atoms with Crippen LogP contribution in [0.1, 0.15) is 58.8 Å². The number of hydrogen-bond donors (Lipinski definition) is 0. The first kappa shape index (κ1) is 11.7. The van der Waals surface area contributed by atoms with E-state index in [-0.39, 0.29) is 0 Å². The maximum Gasteiger partial charge on any atom is 0.00813 e. The number of hydrogen-bond acceptors (Lipinski definition) is 0. The maximum atomic E-state index is 2.51. The molecule has 0 heterocycles. The first-order chi connectivity index (χ1) is 5.27. The van der Waals surface area contributed by atoms with E-state index in [0.29, 0.717) is 0 Å². The zero-order valence-electron chi connectivity index (χ0n) is 7.91. The minimum atomic E-state index is 0.874. The van der Waals surface area contributed by atoms with E-state index in [1.54, 1.807) is 0 Å². The van der Waals surface area contributed by atoms with Gasteiger partial charge >= 0.3 is 0 Å². The van der Waals surface area contributed by atoms with E-state index in [9.17, 15) is 0 Å². The average molecular weight is 268 g/mol. The number of rotatable bonds is 7. The van der Waals surface area contributed by atoms with Gasteiger partial charge in [-0.15, -0.1) is 0 Å². The summed E-state index contributed by atoms with van der Waals surface area (Å²) in [5.41, 5.74) is 0. The zero-order valence-corrected chi connectivity index (χ0v) is 10.1. The maximum absolute atomic E-state index is 2.51. The largest absolute Gasteiger partial charge is 0.0829 e. The molecule has 0 saturated carbocycles. The number of halogens is 1. The van der Waals surface area contributed by atoms with Gasteiger partial charge in [-0.3, -0.25) is 0 Å². The molecule has 1 heteroatoms. The van der Waals surface area contributed by atoms with Gasteiger partial charge in [0.25, 0.3) is 0 Å². The van der Waals surface area contributed by atoms with Crippen molar-refractivity contribution in [3.05, 3.63) is 0 Å². The van der Waals surface area contributed by atoms with Gasteiger partial charge in [0, 0.05) is 3.92 Å². The predicted octanol–water partition coefficient (Wildman–Crippen LogP) is 4.56. The first-order valence-electron chi connectivity index (χ1n) is 4.91. The highest BCUT2D eigenvalue weighted by molar-refractivity contribution is 14.1. The van der Waals surface area contributed by atoms with Crippen LogP contribution in [0.2, 0.25) is 0 Å². The monoisotopic (exact) mass is 268 g/mol. The second-order valence-corrected chi connectivity index (χ2v) is 5.46. The molecule has 0 aromatic rings. The van der Waals surface area contributed by atoms with Crippen LogP contribution in [-0.4, -0.2) is 3.92 Å². The summed E-state index contributed by atoms with van der Waals surface area (Å²) in [6.07, 6.45) is 10.00. The molecule has 0 saturated heterocycles. The highest BCUT2D eigenvalue weighted by Crippen LogP contribution is 2.12. The molecule has 0 aliphatic heterocycles. The minimum Gasteiger partial charge on any atom is -0.0829 e. The van der Waals surface area contributed by atoms with Crippen LogP contribution in [-0.2, 0) is 0 Å². The molecular formula is C10H21I. The Morgan fingerprint density at radius 2 is 1.55 bits per heavy atom. The average Bonchev–Trinajstić information content (AvgIpc) is 1.96. The Morgan fingerprint density at radius 3 is 2.09 bits per heavy atom. The predicted molar refractivity (Wildman–Crippen MR) is 61.5 cm³/mol. The highest BCUT2D eigenvalue weighted by atomic mass is 127. The van der Waals surface area contributed by atoms with Crippen LogP contribution in [0.25, 0.3) is 0 Å². The third-order valence-electron chi connectivity index (χ3n) is 1.96. The summed E-state index contributed by atoms with van der Waals surface area (Å²) in [5, 5.41) is 0. The van der Waals surface area contributed by atoms with Gasteiger partial charge in [-0.05, 0) is 6.42 Å². The van der Waals surface area contributed by atoms with Crippen molar-refractivity contribution in [2.75, 3.05) is 0 Å². The van der Waals surface area contributed by atoms with Gasteiger partial charge < -0.3 is 0 Å². The standard InChI is InChI=1S/C10H21I/c1-3-4-5-6-7-8-9-10(2)11/h10H,3-9H2,1-2H3/t10-/m1/s1. The smallest absolute Gasteiger partial charge is 0.00813 e. The van der Waals surface area contributed by atoms with E-state index in [1.165, 1.54) is 44.9 Å². The van der Waals surface area contributed by atoms with Crippen LogP contribution < -0.4 is 0 Å². The van der Waals surface area contributed by atoms with Crippen molar-refractivity contribution in [1.82, 2.24) is 0 Å². The van der Waals surface area contributed by atoms with Gasteiger partial charge in [0.1, 0.15) is 0 Å². The van der Waals surface area contributed by atoms with E-state index in [4.69, 9.17) is 0 Å². The van der Waals surface area contributed by atoms with Crippen molar-refractivity contribution in [3.63, 3.8) is 0 Å². The summed E-state index contributed by atoms with van der Waals surface area (Å²) in [6.45, 7) is 4.57. The van der Waals surface area contributed by atoms with E-state index in [2.05, 4.69) is 36.4 Å². The Bertz CT molecular complexity index is 69.3. The van der Waals surface area contributed by atoms with Crippen LogP contribution in [0.5, 0.6) is 0 Å². The molecule has 0 aliphatic carbocycles. The second-order valence-electron chi connectivity index (χ2n) is 3.34. The Balaban J connectivity index is 2.80. The normalized spacial score (nSPS) is 13.4. The lowest BCUT2D eigenvalue weighted by Crippen LogP contribution is -1.88. The van der Waals surface area contributed by atoms with E-state index < -0.39 is 0 Å². The SMILES string of the molecule is CCCCCCCC[C@@H](C)I. The molecular weight excluding hydrogens is 247 g/mol. The van der Waals surface area contributed by atoms with Gasteiger partial charge in [-0.2, -0.15) is 0 Å². The molecule has 0 fully saturated rings. The van der Waals surface area contributed by atoms with Gasteiger partial charge in [0.2, 0.25) is 0 Å². The van der Waals surface area contributed by atoms with Crippen molar-refractivity contribution in [2.45, 2.75) is 62.7 Å². The van der Waals surface area contributed by atoms with Gasteiger partial charge in [-0.25, -0.2) is 0 Å². The van der Waals surface area contributed by atoms with Crippen molar-refractivity contribution in [3.8, 4) is 0 Å². The molecule has 1 atom stereocenters. The molecule has 0 unspecified atom stereocenters. The van der Waals surface area contributed by atoms with Gasteiger partial charge in [-0.1, -0.05) is 75.0 Å². The Labute approximate surface area is 85.3 Å². The van der Waals surface area contributed by atoms with Crippen molar-refractivity contribution in [1.29, 1.82) is 0 Å². The van der Waals surface area contributed by atoms with Crippen LogP contribution >= 0.6 is 22.6 Å². The van der Waals surface area contributed by atoms with Gasteiger partial charge in [0.15, 0.2) is 0 Å². The first-order valence-corrected chi connectivity index (χ1v) is 6.16. The van der Waals surface area contributed by atoms with Crippen molar-refractivity contribution in [2.24, 2.45) is 0 Å². The lowest BCUT2D eigenvalue weighted by Gasteiger charge is -2.02. The van der Waals surface area contributed by atoms with Crippen LogP contribution in [0, 0.1) is 0 Å². The Morgan fingerprint density at radius 1 is 1.00 bits per heavy atom. The van der Waals surface area contributed by atoms with Crippen LogP contribution in [0.15, 0.2) is 0 Å². The fourth-order valence-corrected chi connectivity index (χ4v) is 1.65. The molecule has 68 valence electrons. The van der Waals surface area contributed by atoms with E-state index in [0.717, 1.165) is 3.92 Å². The quantitative estimate of drug-likeness (QED) is 0.360. The van der Waals surface area contributed by atoms with Crippen LogP contribution in [0.4, 0.5) is 0 Å². The molecule has 0 N–H and O–H groups in total. The second kappa shape index (κ2) is 8.82. The summed E-state index contributed by atoms with van der Waals surface area (Å²) in [5.74, 6) is 0. The van der Waals surface area contributed by atoms with Crippen molar-refractivity contribution < 1.29 is 0 Å². The molecule has 0 nitrogen and oxygen atoms in total. The molecule has 0 bridgehead atoms. The molecule has 0 rings (SSSR count). The Hall–Kier alpha value is 0.730. The molecule has 0 radical (unpaired) electrons. The number of unbranched alkanes of at least 4 members (excludes halogenated alkanes) is 5. The zero-order chi connectivity index (χ0) is 8.53. The highest BCUT2D eigenvalue weighted by Gasteiger charge is 1.94. The lowest BCUT2D eigenvalue weighted by atomic mass is 10.1. The van der Waals surface area contributed by atoms with Crippen molar-refractivity contribution >= 4 is 22.6 Å². The summed E-state index contributed by atoms with van der Waals surface area (Å²) >= 11 is 2.51. The van der Waals surface area contributed by atoms with Gasteiger partial charge in [0.05, 0.1) is 0 Å². The third-order valence-corrected chi connectivity index (χ3v) is 2.58. The lowest BCUT2D eigenvalue weighted by molar-refractivity contribution is 0.592. The van der Waals surface area contributed by atoms with E-state index >= 15 is 0 Å². The van der Waals surface area contributed by atoms with E-state index in [1.807, 2.05) is 0 Å². The topological polar surface area (TPSA) is 0 Å². The fourth-order valence-electron chi connectivity index (χ4n) is 1.21. The fraction of sp³-hybridized carbons (Fsp3) is 1.00. The summed E-state index contributed by atoms with van der Waals surface area (Å²) in [4.78, 5) is 0. The number of alkyl halides is 1. The summed E-state index contributed by atoms with van der Waals surface area (Å²) in [7, 11) is 0. The molecule has 0 aliphatic rings. The molecule has 0 spiro atoms. The van der Waals surface area contributed by atoms with Crippen LogP contribution in [0.3, 0.4) is 0 Å². The molecule has 0 aromatic heterocycles. The summed E-state index contributed by atoms with van der Waals surface area (Å²) < 4.78 is 0.874. The molecule has 0 aromatic carbocycles. The minimum absolute atomic E-state index is 0.874. The third kappa shape index (κ3) is 10.7.